The van der Waals surface area contributed by atoms with Crippen molar-refractivity contribution in [1.82, 2.24) is 15.1 Å². The van der Waals surface area contributed by atoms with Crippen molar-refractivity contribution in [2.75, 3.05) is 6.54 Å². The van der Waals surface area contributed by atoms with Gasteiger partial charge < -0.3 is 15.2 Å². The second-order valence-electron chi connectivity index (χ2n) is 6.35. The van der Waals surface area contributed by atoms with Gasteiger partial charge >= 0.3 is 0 Å². The molecule has 5 nitrogen and oxygen atoms in total. The lowest BCUT2D eigenvalue weighted by molar-refractivity contribution is 0.173. The molecule has 1 aromatic heterocycles. The first-order valence-electron chi connectivity index (χ1n) is 8.60. The highest BCUT2D eigenvalue weighted by molar-refractivity contribution is 5.30. The van der Waals surface area contributed by atoms with Gasteiger partial charge in [0.05, 0.1) is 17.9 Å². The summed E-state index contributed by atoms with van der Waals surface area (Å²) < 4.78 is 7.69. The van der Waals surface area contributed by atoms with Crippen molar-refractivity contribution in [3.63, 3.8) is 0 Å². The summed E-state index contributed by atoms with van der Waals surface area (Å²) in [5, 5.41) is 18.3. The normalized spacial score (nSPS) is 12.6. The average molecular weight is 331 g/mol. The molecule has 0 amide bonds. The maximum absolute atomic E-state index is 10.4. The zero-order chi connectivity index (χ0) is 17.7. The van der Waals surface area contributed by atoms with E-state index < -0.39 is 6.10 Å². The van der Waals surface area contributed by atoms with Gasteiger partial charge in [0.25, 0.3) is 0 Å². The van der Waals surface area contributed by atoms with Crippen molar-refractivity contribution in [1.29, 1.82) is 0 Å². The van der Waals surface area contributed by atoms with E-state index in [0.29, 0.717) is 13.1 Å². The van der Waals surface area contributed by atoms with Crippen molar-refractivity contribution in [3.8, 4) is 5.75 Å². The Kier molecular flexibility index (Phi) is 6.40. The number of hydrogen-bond acceptors (Lipinski definition) is 4. The van der Waals surface area contributed by atoms with Crippen LogP contribution in [0.25, 0.3) is 0 Å². The van der Waals surface area contributed by atoms with Gasteiger partial charge in [-0.05, 0) is 52.3 Å². The van der Waals surface area contributed by atoms with Crippen molar-refractivity contribution in [2.24, 2.45) is 0 Å². The molecule has 0 spiro atoms. The molecule has 0 saturated heterocycles. The van der Waals surface area contributed by atoms with Crippen LogP contribution in [0.3, 0.4) is 0 Å². The molecule has 1 unspecified atom stereocenters. The second kappa shape index (κ2) is 8.31. The number of nitrogens with zero attached hydrogens (tertiary/aromatic N) is 2. The molecule has 24 heavy (non-hydrogen) atoms. The van der Waals surface area contributed by atoms with Crippen LogP contribution in [0.5, 0.6) is 5.75 Å². The van der Waals surface area contributed by atoms with Crippen LogP contribution in [0.15, 0.2) is 24.3 Å². The standard InChI is InChI=1S/C19H29N3O2/c1-6-22-15(5)18(14(4)21-22)11-20-12-19(23)16-8-7-9-17(10-16)24-13(2)3/h7-10,13,19-20,23H,6,11-12H2,1-5H3. The fraction of sp³-hybridized carbons (Fsp3) is 0.526. The number of aromatic nitrogens is 2. The number of nitrogens with one attached hydrogen (secondary N) is 1. The maximum Gasteiger partial charge on any atom is 0.120 e. The molecule has 2 rings (SSSR count). The fourth-order valence-corrected chi connectivity index (χ4v) is 2.82. The van der Waals surface area contributed by atoms with E-state index in [9.17, 15) is 5.11 Å². The Hall–Kier alpha value is -1.85. The van der Waals surface area contributed by atoms with Crippen LogP contribution < -0.4 is 10.1 Å². The van der Waals surface area contributed by atoms with Crippen LogP contribution in [-0.4, -0.2) is 27.5 Å². The summed E-state index contributed by atoms with van der Waals surface area (Å²) in [5.41, 5.74) is 4.30. The van der Waals surface area contributed by atoms with Gasteiger partial charge in [-0.2, -0.15) is 5.10 Å². The van der Waals surface area contributed by atoms with E-state index in [1.807, 2.05) is 49.7 Å². The van der Waals surface area contributed by atoms with Gasteiger partial charge in [-0.15, -0.1) is 0 Å². The molecule has 132 valence electrons. The van der Waals surface area contributed by atoms with Crippen molar-refractivity contribution in [3.05, 3.63) is 46.8 Å². The number of ether oxygens (including phenoxy) is 1. The summed E-state index contributed by atoms with van der Waals surface area (Å²) in [6, 6.07) is 7.65. The number of rotatable bonds is 8. The third kappa shape index (κ3) is 4.58. The highest BCUT2D eigenvalue weighted by Crippen LogP contribution is 2.20. The van der Waals surface area contributed by atoms with Gasteiger partial charge in [0.2, 0.25) is 0 Å². The maximum atomic E-state index is 10.4. The second-order valence-corrected chi connectivity index (χ2v) is 6.35. The molecule has 0 aliphatic carbocycles. The Morgan fingerprint density at radius 2 is 2.04 bits per heavy atom. The minimum atomic E-state index is -0.567. The van der Waals surface area contributed by atoms with Gasteiger partial charge in [0.15, 0.2) is 0 Å². The highest BCUT2D eigenvalue weighted by atomic mass is 16.5. The first-order valence-corrected chi connectivity index (χ1v) is 8.60. The Labute approximate surface area is 144 Å². The summed E-state index contributed by atoms with van der Waals surface area (Å²) in [6.07, 6.45) is -0.445. The first-order chi connectivity index (χ1) is 11.4. The quantitative estimate of drug-likeness (QED) is 0.780. The number of benzene rings is 1. The van der Waals surface area contributed by atoms with Crippen LogP contribution in [-0.2, 0) is 13.1 Å². The molecule has 5 heteroatoms. The first kappa shape index (κ1) is 18.5. The van der Waals surface area contributed by atoms with Gasteiger partial charge in [0.1, 0.15) is 5.75 Å². The van der Waals surface area contributed by atoms with Gasteiger partial charge in [-0.3, -0.25) is 4.68 Å². The molecule has 0 saturated carbocycles. The Morgan fingerprint density at radius 3 is 2.67 bits per heavy atom. The molecule has 2 aromatic rings. The van der Waals surface area contributed by atoms with Crippen LogP contribution in [0.4, 0.5) is 0 Å². The smallest absolute Gasteiger partial charge is 0.120 e. The minimum Gasteiger partial charge on any atom is -0.491 e. The molecule has 2 N–H and O–H groups in total. The zero-order valence-corrected chi connectivity index (χ0v) is 15.3. The van der Waals surface area contributed by atoms with Gasteiger partial charge in [-0.25, -0.2) is 0 Å². The lowest BCUT2D eigenvalue weighted by Crippen LogP contribution is -2.21. The SMILES string of the molecule is CCn1nc(C)c(CNCC(O)c2cccc(OC(C)C)c2)c1C. The Bertz CT molecular complexity index is 665. The molecule has 0 aliphatic rings. The zero-order valence-electron chi connectivity index (χ0n) is 15.3. The van der Waals surface area contributed by atoms with E-state index in [1.165, 1.54) is 11.3 Å². The molecule has 0 aliphatic heterocycles. The van der Waals surface area contributed by atoms with Crippen LogP contribution in [0.2, 0.25) is 0 Å². The molecule has 1 atom stereocenters. The number of aliphatic hydroxyl groups is 1. The molecule has 0 radical (unpaired) electrons. The summed E-state index contributed by atoms with van der Waals surface area (Å²) in [4.78, 5) is 0. The Morgan fingerprint density at radius 1 is 1.29 bits per heavy atom. The predicted molar refractivity (Wildman–Crippen MR) is 96.2 cm³/mol. The summed E-state index contributed by atoms with van der Waals surface area (Å²) in [5.74, 6) is 0.789. The van der Waals surface area contributed by atoms with Crippen molar-refractivity contribution in [2.45, 2.75) is 59.9 Å². The molecule has 0 bridgehead atoms. The van der Waals surface area contributed by atoms with Crippen LogP contribution in [0.1, 0.15) is 49.4 Å². The number of aryl methyl sites for hydroxylation is 2. The molecule has 1 heterocycles. The van der Waals surface area contributed by atoms with E-state index in [4.69, 9.17) is 4.74 Å². The van der Waals surface area contributed by atoms with Crippen LogP contribution in [0, 0.1) is 13.8 Å². The van der Waals surface area contributed by atoms with Gasteiger partial charge in [0, 0.05) is 30.9 Å². The van der Waals surface area contributed by atoms with E-state index in [0.717, 1.165) is 23.6 Å². The summed E-state index contributed by atoms with van der Waals surface area (Å²) in [6.45, 7) is 12.3. The van der Waals surface area contributed by atoms with Crippen LogP contribution >= 0.6 is 0 Å². The molecular formula is C19H29N3O2. The van der Waals surface area contributed by atoms with E-state index >= 15 is 0 Å². The van der Waals surface area contributed by atoms with Crippen molar-refractivity contribution < 1.29 is 9.84 Å². The largest absolute Gasteiger partial charge is 0.491 e. The van der Waals surface area contributed by atoms with E-state index in [2.05, 4.69) is 24.3 Å². The Balaban J connectivity index is 1.94. The van der Waals surface area contributed by atoms with E-state index in [-0.39, 0.29) is 6.10 Å². The molecule has 0 fully saturated rings. The number of aliphatic hydroxyl groups excluding tert-OH is 1. The fourth-order valence-electron chi connectivity index (χ4n) is 2.82. The monoisotopic (exact) mass is 331 g/mol. The topological polar surface area (TPSA) is 59.3 Å². The molecule has 1 aromatic carbocycles. The minimum absolute atomic E-state index is 0.122. The third-order valence-corrected chi connectivity index (χ3v) is 4.09. The predicted octanol–water partition coefficient (Wildman–Crippen LogP) is 3.13. The highest BCUT2D eigenvalue weighted by Gasteiger charge is 2.12. The average Bonchev–Trinajstić information content (AvgIpc) is 2.81. The third-order valence-electron chi connectivity index (χ3n) is 4.09. The van der Waals surface area contributed by atoms with E-state index in [1.54, 1.807) is 0 Å². The summed E-state index contributed by atoms with van der Waals surface area (Å²) >= 11 is 0. The lowest BCUT2D eigenvalue weighted by atomic mass is 10.1. The van der Waals surface area contributed by atoms with Gasteiger partial charge in [-0.1, -0.05) is 12.1 Å². The molecular weight excluding hydrogens is 302 g/mol. The summed E-state index contributed by atoms with van der Waals surface area (Å²) in [7, 11) is 0. The van der Waals surface area contributed by atoms with Crippen molar-refractivity contribution >= 4 is 0 Å². The number of hydrogen-bond donors (Lipinski definition) is 2. The lowest BCUT2D eigenvalue weighted by Gasteiger charge is -2.15.